The van der Waals surface area contributed by atoms with Gasteiger partial charge in [0.05, 0.1) is 0 Å². The maximum Gasteiger partial charge on any atom is 0.262 e. The molecular weight excluding hydrogens is 332 g/mol. The molecule has 112 valence electrons. The average Bonchev–Trinajstić information content (AvgIpc) is 2.53. The van der Waals surface area contributed by atoms with Crippen LogP contribution in [-0.4, -0.2) is 11.8 Å². The summed E-state index contributed by atoms with van der Waals surface area (Å²) >= 11 is 3.35. The zero-order chi connectivity index (χ0) is 15.1. The summed E-state index contributed by atoms with van der Waals surface area (Å²) in [6.45, 7) is 0. The Labute approximate surface area is 133 Å². The molecule has 0 atom stereocenters. The molecule has 0 unspecified atom stereocenters. The Balaban J connectivity index is 1.76. The van der Waals surface area contributed by atoms with E-state index in [0.29, 0.717) is 0 Å². The molecule has 0 saturated heterocycles. The van der Waals surface area contributed by atoms with Crippen molar-refractivity contribution in [3.63, 3.8) is 0 Å². The van der Waals surface area contributed by atoms with Gasteiger partial charge >= 0.3 is 0 Å². The van der Waals surface area contributed by atoms with Crippen LogP contribution in [0.1, 0.15) is 37.7 Å². The standard InChI is InChI=1S/C16H19BrN2O2/c17-14-9-6-12(7-10-14)8-11-15(20)18-19-16(21)13-4-2-1-3-5-13/h6-11,13H,1-5H2,(H,18,20)(H,19,21)/b11-8+. The second-order valence-corrected chi connectivity index (χ2v) is 6.11. The molecule has 1 saturated carbocycles. The molecule has 2 rings (SSSR count). The normalized spacial score (nSPS) is 15.9. The maximum atomic E-state index is 11.9. The molecule has 21 heavy (non-hydrogen) atoms. The summed E-state index contributed by atoms with van der Waals surface area (Å²) < 4.78 is 0.990. The molecule has 5 heteroatoms. The minimum Gasteiger partial charge on any atom is -0.273 e. The number of hydrazine groups is 1. The van der Waals surface area contributed by atoms with Crippen molar-refractivity contribution < 1.29 is 9.59 Å². The predicted octanol–water partition coefficient (Wildman–Crippen LogP) is 3.19. The van der Waals surface area contributed by atoms with E-state index < -0.39 is 0 Å². The highest BCUT2D eigenvalue weighted by molar-refractivity contribution is 9.10. The summed E-state index contributed by atoms with van der Waals surface area (Å²) in [6, 6.07) is 7.60. The van der Waals surface area contributed by atoms with Crippen LogP contribution in [0.5, 0.6) is 0 Å². The number of nitrogens with one attached hydrogen (secondary N) is 2. The Morgan fingerprint density at radius 1 is 1.05 bits per heavy atom. The van der Waals surface area contributed by atoms with E-state index in [9.17, 15) is 9.59 Å². The molecule has 0 heterocycles. The van der Waals surface area contributed by atoms with Crippen LogP contribution >= 0.6 is 15.9 Å². The van der Waals surface area contributed by atoms with Crippen LogP contribution in [0.4, 0.5) is 0 Å². The van der Waals surface area contributed by atoms with Crippen LogP contribution in [0.15, 0.2) is 34.8 Å². The van der Waals surface area contributed by atoms with Gasteiger partial charge in [0.15, 0.2) is 0 Å². The Bertz CT molecular complexity index is 520. The van der Waals surface area contributed by atoms with Gasteiger partial charge in [0, 0.05) is 16.5 Å². The zero-order valence-electron chi connectivity index (χ0n) is 11.8. The highest BCUT2D eigenvalue weighted by Crippen LogP contribution is 2.23. The fraction of sp³-hybridized carbons (Fsp3) is 0.375. The van der Waals surface area contributed by atoms with E-state index in [2.05, 4.69) is 26.8 Å². The molecule has 4 nitrogen and oxygen atoms in total. The number of halogens is 1. The number of amides is 2. The third-order valence-electron chi connectivity index (χ3n) is 3.58. The number of hydrogen-bond acceptors (Lipinski definition) is 2. The Kier molecular flexibility index (Phi) is 5.99. The first-order chi connectivity index (χ1) is 10.1. The number of benzene rings is 1. The van der Waals surface area contributed by atoms with Crippen molar-refractivity contribution in [2.75, 3.05) is 0 Å². The number of hydrogen-bond donors (Lipinski definition) is 2. The lowest BCUT2D eigenvalue weighted by molar-refractivity contribution is -0.130. The molecule has 0 aliphatic heterocycles. The second-order valence-electron chi connectivity index (χ2n) is 5.20. The number of rotatable bonds is 3. The fourth-order valence-electron chi connectivity index (χ4n) is 2.38. The number of carbonyl (C=O) groups excluding carboxylic acids is 2. The summed E-state index contributed by atoms with van der Waals surface area (Å²) in [6.07, 6.45) is 8.32. The van der Waals surface area contributed by atoms with Crippen LogP contribution < -0.4 is 10.9 Å². The highest BCUT2D eigenvalue weighted by atomic mass is 79.9. The summed E-state index contributed by atoms with van der Waals surface area (Å²) in [5.41, 5.74) is 5.85. The van der Waals surface area contributed by atoms with Crippen molar-refractivity contribution in [2.24, 2.45) is 5.92 Å². The third kappa shape index (κ3) is 5.34. The number of carbonyl (C=O) groups is 2. The third-order valence-corrected chi connectivity index (χ3v) is 4.11. The molecule has 1 aromatic rings. The van der Waals surface area contributed by atoms with Crippen molar-refractivity contribution in [2.45, 2.75) is 32.1 Å². The molecule has 1 fully saturated rings. The lowest BCUT2D eigenvalue weighted by atomic mass is 9.89. The Morgan fingerprint density at radius 2 is 1.71 bits per heavy atom. The van der Waals surface area contributed by atoms with E-state index >= 15 is 0 Å². The molecule has 1 aliphatic carbocycles. The Hall–Kier alpha value is -1.62. The van der Waals surface area contributed by atoms with E-state index in [4.69, 9.17) is 0 Å². The molecule has 0 bridgehead atoms. The van der Waals surface area contributed by atoms with Gasteiger partial charge in [0.1, 0.15) is 0 Å². The topological polar surface area (TPSA) is 58.2 Å². The molecule has 0 spiro atoms. The fourth-order valence-corrected chi connectivity index (χ4v) is 2.64. The minimum atomic E-state index is -0.331. The summed E-state index contributed by atoms with van der Waals surface area (Å²) in [5, 5.41) is 0. The van der Waals surface area contributed by atoms with Gasteiger partial charge < -0.3 is 0 Å². The van der Waals surface area contributed by atoms with E-state index in [0.717, 1.165) is 35.7 Å². The van der Waals surface area contributed by atoms with Gasteiger partial charge in [-0.3, -0.25) is 20.4 Å². The lowest BCUT2D eigenvalue weighted by Crippen LogP contribution is -2.44. The zero-order valence-corrected chi connectivity index (χ0v) is 13.4. The maximum absolute atomic E-state index is 11.9. The highest BCUT2D eigenvalue weighted by Gasteiger charge is 2.20. The molecule has 1 aromatic carbocycles. The van der Waals surface area contributed by atoms with Crippen molar-refractivity contribution in [3.8, 4) is 0 Å². The van der Waals surface area contributed by atoms with E-state index in [-0.39, 0.29) is 17.7 Å². The van der Waals surface area contributed by atoms with Gasteiger partial charge in [-0.15, -0.1) is 0 Å². The van der Waals surface area contributed by atoms with E-state index in [1.807, 2.05) is 24.3 Å². The predicted molar refractivity (Wildman–Crippen MR) is 86.0 cm³/mol. The molecule has 0 radical (unpaired) electrons. The largest absolute Gasteiger partial charge is 0.273 e. The monoisotopic (exact) mass is 350 g/mol. The van der Waals surface area contributed by atoms with Crippen molar-refractivity contribution in [1.29, 1.82) is 0 Å². The van der Waals surface area contributed by atoms with Crippen LogP contribution in [0.3, 0.4) is 0 Å². The molecule has 1 aliphatic rings. The Morgan fingerprint density at radius 3 is 2.38 bits per heavy atom. The first-order valence-electron chi connectivity index (χ1n) is 7.18. The van der Waals surface area contributed by atoms with Crippen LogP contribution in [-0.2, 0) is 9.59 Å². The van der Waals surface area contributed by atoms with Crippen molar-refractivity contribution in [1.82, 2.24) is 10.9 Å². The van der Waals surface area contributed by atoms with Crippen molar-refractivity contribution in [3.05, 3.63) is 40.4 Å². The smallest absolute Gasteiger partial charge is 0.262 e. The van der Waals surface area contributed by atoms with E-state index in [1.165, 1.54) is 12.5 Å². The van der Waals surface area contributed by atoms with Gasteiger partial charge in [-0.1, -0.05) is 47.3 Å². The van der Waals surface area contributed by atoms with Gasteiger partial charge in [0.25, 0.3) is 5.91 Å². The first kappa shape index (κ1) is 15.8. The average molecular weight is 351 g/mol. The van der Waals surface area contributed by atoms with Gasteiger partial charge in [-0.05, 0) is 36.6 Å². The lowest BCUT2D eigenvalue weighted by Gasteiger charge is -2.20. The molecule has 2 N–H and O–H groups in total. The van der Waals surface area contributed by atoms with Crippen LogP contribution in [0.25, 0.3) is 6.08 Å². The molecule has 0 aromatic heterocycles. The van der Waals surface area contributed by atoms with E-state index in [1.54, 1.807) is 6.08 Å². The molecule has 2 amide bonds. The summed E-state index contributed by atoms with van der Waals surface area (Å²) in [4.78, 5) is 23.5. The van der Waals surface area contributed by atoms with Crippen molar-refractivity contribution >= 4 is 33.8 Å². The SMILES string of the molecule is O=C(/C=C/c1ccc(Br)cc1)NNC(=O)C1CCCCC1. The van der Waals surface area contributed by atoms with Gasteiger partial charge in [-0.2, -0.15) is 0 Å². The minimum absolute atomic E-state index is 0.0366. The quantitative estimate of drug-likeness (QED) is 0.649. The first-order valence-corrected chi connectivity index (χ1v) is 7.98. The molecular formula is C16H19BrN2O2. The second kappa shape index (κ2) is 7.98. The van der Waals surface area contributed by atoms with Crippen LogP contribution in [0.2, 0.25) is 0 Å². The van der Waals surface area contributed by atoms with Gasteiger partial charge in [0.2, 0.25) is 5.91 Å². The van der Waals surface area contributed by atoms with Crippen LogP contribution in [0, 0.1) is 5.92 Å². The summed E-state index contributed by atoms with van der Waals surface area (Å²) in [7, 11) is 0. The van der Waals surface area contributed by atoms with Gasteiger partial charge in [-0.25, -0.2) is 0 Å². The summed E-state index contributed by atoms with van der Waals surface area (Å²) in [5.74, 6) is -0.378.